The molecule has 5 nitrogen and oxygen atoms in total. The van der Waals surface area contributed by atoms with Crippen molar-refractivity contribution in [1.29, 1.82) is 0 Å². The van der Waals surface area contributed by atoms with Crippen LogP contribution in [0, 0.1) is 5.92 Å². The van der Waals surface area contributed by atoms with Gasteiger partial charge in [-0.2, -0.15) is 5.06 Å². The van der Waals surface area contributed by atoms with Crippen molar-refractivity contribution >= 4 is 17.5 Å². The SMILES string of the molecule is CN1OC2C(=O)N(c3ccccc3)C(=O)C2C12CCC2. The molecule has 2 unspecified atom stereocenters. The van der Waals surface area contributed by atoms with E-state index in [9.17, 15) is 9.59 Å². The van der Waals surface area contributed by atoms with Gasteiger partial charge >= 0.3 is 0 Å². The van der Waals surface area contributed by atoms with Crippen LogP contribution >= 0.6 is 0 Å². The van der Waals surface area contributed by atoms with Gasteiger partial charge in [0.15, 0.2) is 6.10 Å². The highest BCUT2D eigenvalue weighted by Gasteiger charge is 2.67. The standard InChI is InChI=1S/C15H16N2O3/c1-16-15(8-5-9-15)11-12(20-16)14(19)17(13(11)18)10-6-3-2-4-7-10/h2-4,6-7,11-12H,5,8-9H2,1H3. The minimum Gasteiger partial charge on any atom is -0.284 e. The van der Waals surface area contributed by atoms with Gasteiger partial charge in [-0.1, -0.05) is 18.2 Å². The molecule has 3 fully saturated rings. The third-order valence-corrected chi connectivity index (χ3v) is 4.96. The molecule has 0 aromatic heterocycles. The van der Waals surface area contributed by atoms with Crippen molar-refractivity contribution in [1.82, 2.24) is 5.06 Å². The lowest BCUT2D eigenvalue weighted by Gasteiger charge is -2.44. The second-order valence-corrected chi connectivity index (χ2v) is 5.81. The van der Waals surface area contributed by atoms with Gasteiger partial charge in [0.1, 0.15) is 0 Å². The van der Waals surface area contributed by atoms with E-state index in [4.69, 9.17) is 4.84 Å². The molecular weight excluding hydrogens is 256 g/mol. The quantitative estimate of drug-likeness (QED) is 0.724. The Morgan fingerprint density at radius 3 is 2.45 bits per heavy atom. The van der Waals surface area contributed by atoms with Crippen LogP contribution in [-0.2, 0) is 14.4 Å². The van der Waals surface area contributed by atoms with E-state index in [-0.39, 0.29) is 23.3 Å². The number of anilines is 1. The Hall–Kier alpha value is -1.72. The molecule has 1 aromatic rings. The molecule has 1 aromatic carbocycles. The molecule has 2 heterocycles. The molecule has 0 bridgehead atoms. The summed E-state index contributed by atoms with van der Waals surface area (Å²) in [6, 6.07) is 9.10. The average molecular weight is 272 g/mol. The van der Waals surface area contributed by atoms with Gasteiger partial charge in [0.25, 0.3) is 5.91 Å². The molecule has 104 valence electrons. The number of benzene rings is 1. The molecular formula is C15H16N2O3. The maximum absolute atomic E-state index is 12.8. The summed E-state index contributed by atoms with van der Waals surface area (Å²) in [5.74, 6) is -0.703. The molecule has 1 spiro atoms. The van der Waals surface area contributed by atoms with Gasteiger partial charge in [-0.25, -0.2) is 4.90 Å². The van der Waals surface area contributed by atoms with E-state index in [1.165, 1.54) is 4.90 Å². The summed E-state index contributed by atoms with van der Waals surface area (Å²) in [7, 11) is 1.84. The first-order valence-corrected chi connectivity index (χ1v) is 6.99. The average Bonchev–Trinajstić information content (AvgIpc) is 2.84. The third-order valence-electron chi connectivity index (χ3n) is 4.96. The number of nitrogens with zero attached hydrogens (tertiary/aromatic N) is 2. The largest absolute Gasteiger partial charge is 0.284 e. The lowest BCUT2D eigenvalue weighted by Crippen LogP contribution is -2.54. The van der Waals surface area contributed by atoms with Gasteiger partial charge in [0, 0.05) is 7.05 Å². The minimum absolute atomic E-state index is 0.116. The summed E-state index contributed by atoms with van der Waals surface area (Å²) in [5, 5.41) is 1.75. The van der Waals surface area contributed by atoms with E-state index in [1.54, 1.807) is 17.2 Å². The van der Waals surface area contributed by atoms with Crippen molar-refractivity contribution in [2.75, 3.05) is 11.9 Å². The number of imide groups is 1. The summed E-state index contributed by atoms with van der Waals surface area (Å²) in [6.45, 7) is 0. The fourth-order valence-corrected chi connectivity index (χ4v) is 3.73. The molecule has 3 aliphatic rings. The van der Waals surface area contributed by atoms with Gasteiger partial charge in [-0.3, -0.25) is 14.4 Å². The first kappa shape index (κ1) is 12.1. The molecule has 2 aliphatic heterocycles. The number of hydroxylamine groups is 2. The highest BCUT2D eigenvalue weighted by atomic mass is 16.7. The Kier molecular flexibility index (Phi) is 2.35. The number of rotatable bonds is 1. The van der Waals surface area contributed by atoms with Crippen molar-refractivity contribution in [3.05, 3.63) is 30.3 Å². The highest BCUT2D eigenvalue weighted by Crippen LogP contribution is 2.53. The Morgan fingerprint density at radius 1 is 1.15 bits per heavy atom. The van der Waals surface area contributed by atoms with Gasteiger partial charge < -0.3 is 0 Å². The number of para-hydroxylation sites is 1. The van der Waals surface area contributed by atoms with Crippen LogP contribution in [0.5, 0.6) is 0 Å². The molecule has 0 N–H and O–H groups in total. The van der Waals surface area contributed by atoms with Crippen molar-refractivity contribution in [2.45, 2.75) is 30.9 Å². The molecule has 2 saturated heterocycles. The first-order valence-electron chi connectivity index (χ1n) is 6.99. The molecule has 1 saturated carbocycles. The van der Waals surface area contributed by atoms with Gasteiger partial charge in [-0.15, -0.1) is 0 Å². The monoisotopic (exact) mass is 272 g/mol. The maximum Gasteiger partial charge on any atom is 0.265 e. The lowest BCUT2D eigenvalue weighted by atomic mass is 9.67. The zero-order chi connectivity index (χ0) is 13.9. The zero-order valence-electron chi connectivity index (χ0n) is 11.3. The summed E-state index contributed by atoms with van der Waals surface area (Å²) in [6.07, 6.45) is 2.29. The molecule has 0 radical (unpaired) electrons. The zero-order valence-corrected chi connectivity index (χ0v) is 11.3. The van der Waals surface area contributed by atoms with Crippen molar-refractivity contribution < 1.29 is 14.4 Å². The molecule has 5 heteroatoms. The van der Waals surface area contributed by atoms with Crippen LogP contribution in [0.4, 0.5) is 5.69 Å². The van der Waals surface area contributed by atoms with Crippen LogP contribution in [0.2, 0.25) is 0 Å². The minimum atomic E-state index is -0.645. The molecule has 1 aliphatic carbocycles. The number of hydrogen-bond acceptors (Lipinski definition) is 4. The van der Waals surface area contributed by atoms with Crippen molar-refractivity contribution in [2.24, 2.45) is 5.92 Å². The fourth-order valence-electron chi connectivity index (χ4n) is 3.73. The maximum atomic E-state index is 12.8. The van der Waals surface area contributed by atoms with Crippen LogP contribution in [-0.4, -0.2) is 35.6 Å². The topological polar surface area (TPSA) is 49.9 Å². The first-order chi connectivity index (χ1) is 9.65. The smallest absolute Gasteiger partial charge is 0.265 e. The van der Waals surface area contributed by atoms with E-state index in [0.29, 0.717) is 5.69 Å². The number of carbonyl (C=O) groups excluding carboxylic acids is 2. The lowest BCUT2D eigenvalue weighted by molar-refractivity contribution is -0.189. The normalized spacial score (nSPS) is 31.8. The van der Waals surface area contributed by atoms with E-state index < -0.39 is 6.10 Å². The summed E-state index contributed by atoms with van der Waals surface area (Å²) >= 11 is 0. The van der Waals surface area contributed by atoms with Crippen molar-refractivity contribution in [3.63, 3.8) is 0 Å². The van der Waals surface area contributed by atoms with Gasteiger partial charge in [-0.05, 0) is 31.4 Å². The molecule has 4 rings (SSSR count). The van der Waals surface area contributed by atoms with Gasteiger partial charge in [0.05, 0.1) is 17.1 Å². The molecule has 2 atom stereocenters. The number of hydrogen-bond donors (Lipinski definition) is 0. The fraction of sp³-hybridized carbons (Fsp3) is 0.467. The second-order valence-electron chi connectivity index (χ2n) is 5.81. The highest BCUT2D eigenvalue weighted by molar-refractivity contribution is 6.23. The number of carbonyl (C=O) groups is 2. The van der Waals surface area contributed by atoms with Crippen LogP contribution in [0.15, 0.2) is 30.3 Å². The van der Waals surface area contributed by atoms with E-state index in [0.717, 1.165) is 19.3 Å². The molecule has 2 amide bonds. The summed E-state index contributed by atoms with van der Waals surface area (Å²) < 4.78 is 0. The van der Waals surface area contributed by atoms with Gasteiger partial charge in [0.2, 0.25) is 5.91 Å². The van der Waals surface area contributed by atoms with E-state index >= 15 is 0 Å². The third kappa shape index (κ3) is 1.29. The Balaban J connectivity index is 1.74. The second kappa shape index (κ2) is 3.90. The Labute approximate surface area is 117 Å². The van der Waals surface area contributed by atoms with Crippen LogP contribution in [0.3, 0.4) is 0 Å². The Morgan fingerprint density at radius 2 is 1.85 bits per heavy atom. The van der Waals surface area contributed by atoms with Crippen LogP contribution in [0.1, 0.15) is 19.3 Å². The summed E-state index contributed by atoms with van der Waals surface area (Å²) in [4.78, 5) is 32.3. The summed E-state index contributed by atoms with van der Waals surface area (Å²) in [5.41, 5.74) is 0.374. The molecule has 20 heavy (non-hydrogen) atoms. The van der Waals surface area contributed by atoms with E-state index in [1.807, 2.05) is 25.2 Å². The van der Waals surface area contributed by atoms with Crippen LogP contribution in [0.25, 0.3) is 0 Å². The van der Waals surface area contributed by atoms with Crippen LogP contribution < -0.4 is 4.90 Å². The Bertz CT molecular complexity index is 582. The van der Waals surface area contributed by atoms with E-state index in [2.05, 4.69) is 0 Å². The van der Waals surface area contributed by atoms with Crippen molar-refractivity contribution in [3.8, 4) is 0 Å². The number of fused-ring (bicyclic) bond motifs is 2. The number of amides is 2. The predicted molar refractivity (Wildman–Crippen MR) is 71.6 cm³/mol. The predicted octanol–water partition coefficient (Wildman–Crippen LogP) is 1.34.